The minimum atomic E-state index is 0.137. The van der Waals surface area contributed by atoms with Gasteiger partial charge in [-0.1, -0.05) is 49.4 Å². The van der Waals surface area contributed by atoms with Gasteiger partial charge < -0.3 is 9.73 Å². The second kappa shape index (κ2) is 10.6. The Morgan fingerprint density at radius 2 is 1.79 bits per heavy atom. The summed E-state index contributed by atoms with van der Waals surface area (Å²) in [6, 6.07) is 16.7. The van der Waals surface area contributed by atoms with Crippen molar-refractivity contribution >= 4 is 17.0 Å². The Balaban J connectivity index is 1.49. The van der Waals surface area contributed by atoms with E-state index in [4.69, 9.17) is 4.42 Å². The van der Waals surface area contributed by atoms with Crippen LogP contribution >= 0.6 is 0 Å². The number of oxazole rings is 1. The maximum Gasteiger partial charge on any atom is 0.219 e. The third kappa shape index (κ3) is 5.95. The van der Waals surface area contributed by atoms with Gasteiger partial charge in [0.25, 0.3) is 0 Å². The van der Waals surface area contributed by atoms with Crippen LogP contribution in [0, 0.1) is 0 Å². The number of carbonyl (C=O) groups excluding carboxylic acids is 1. The Labute approximate surface area is 167 Å². The van der Waals surface area contributed by atoms with Crippen molar-refractivity contribution in [1.29, 1.82) is 0 Å². The molecule has 1 N–H and O–H groups in total. The van der Waals surface area contributed by atoms with Crippen LogP contribution in [-0.4, -0.2) is 17.4 Å². The van der Waals surface area contributed by atoms with Crippen molar-refractivity contribution in [2.45, 2.75) is 58.3 Å². The molecule has 0 aliphatic heterocycles. The number of fused-ring (bicyclic) bond motifs is 1. The summed E-state index contributed by atoms with van der Waals surface area (Å²) in [6.07, 6.45) is 7.44. The van der Waals surface area contributed by atoms with Crippen LogP contribution in [-0.2, 0) is 24.1 Å². The first kappa shape index (κ1) is 20.1. The molecular weight excluding hydrogens is 348 g/mol. The summed E-state index contributed by atoms with van der Waals surface area (Å²) in [5.41, 5.74) is 4.39. The zero-order valence-corrected chi connectivity index (χ0v) is 16.7. The van der Waals surface area contributed by atoms with Gasteiger partial charge in [0, 0.05) is 19.4 Å². The Morgan fingerprint density at radius 1 is 0.964 bits per heavy atom. The van der Waals surface area contributed by atoms with Gasteiger partial charge in [-0.25, -0.2) is 4.98 Å². The third-order valence-corrected chi connectivity index (χ3v) is 4.91. The first-order valence-electron chi connectivity index (χ1n) is 10.4. The van der Waals surface area contributed by atoms with Gasteiger partial charge in [-0.05, 0) is 55.7 Å². The molecule has 148 valence electrons. The van der Waals surface area contributed by atoms with Crippen LogP contribution in [0.3, 0.4) is 0 Å². The lowest BCUT2D eigenvalue weighted by molar-refractivity contribution is -0.121. The lowest BCUT2D eigenvalue weighted by atomic mass is 10.1. The number of benzene rings is 2. The smallest absolute Gasteiger partial charge is 0.219 e. The number of nitrogens with one attached hydrogen (secondary N) is 1. The van der Waals surface area contributed by atoms with Crippen molar-refractivity contribution in [1.82, 2.24) is 10.3 Å². The topological polar surface area (TPSA) is 55.1 Å². The molecule has 1 aromatic heterocycles. The predicted octanol–water partition coefficient (Wildman–Crippen LogP) is 5.24. The van der Waals surface area contributed by atoms with Gasteiger partial charge in [0.2, 0.25) is 5.91 Å². The van der Waals surface area contributed by atoms with Gasteiger partial charge in [0.1, 0.15) is 5.52 Å². The molecule has 3 rings (SSSR count). The summed E-state index contributed by atoms with van der Waals surface area (Å²) < 4.78 is 6.07. The molecule has 1 heterocycles. The Morgan fingerprint density at radius 3 is 2.61 bits per heavy atom. The monoisotopic (exact) mass is 378 g/mol. The van der Waals surface area contributed by atoms with Gasteiger partial charge in [-0.3, -0.25) is 4.79 Å². The number of aromatic nitrogens is 1. The van der Waals surface area contributed by atoms with Gasteiger partial charge in [-0.15, -0.1) is 0 Å². The number of unbranched alkanes of at least 4 members (excludes halogenated alkanes) is 1. The third-order valence-electron chi connectivity index (χ3n) is 4.91. The highest BCUT2D eigenvalue weighted by Crippen LogP contribution is 2.22. The second-order valence-electron chi connectivity index (χ2n) is 7.27. The van der Waals surface area contributed by atoms with Gasteiger partial charge in [0.15, 0.2) is 11.5 Å². The summed E-state index contributed by atoms with van der Waals surface area (Å²) in [7, 11) is 0. The van der Waals surface area contributed by atoms with Crippen LogP contribution in [0.25, 0.3) is 11.1 Å². The molecule has 28 heavy (non-hydrogen) atoms. The molecule has 0 fully saturated rings. The zero-order chi connectivity index (χ0) is 19.6. The summed E-state index contributed by atoms with van der Waals surface area (Å²) >= 11 is 0. The van der Waals surface area contributed by atoms with Crippen LogP contribution < -0.4 is 5.32 Å². The zero-order valence-electron chi connectivity index (χ0n) is 16.7. The van der Waals surface area contributed by atoms with Crippen LogP contribution in [0.1, 0.15) is 56.0 Å². The van der Waals surface area contributed by atoms with Crippen LogP contribution in [0.5, 0.6) is 0 Å². The van der Waals surface area contributed by atoms with E-state index in [1.807, 2.05) is 19.1 Å². The van der Waals surface area contributed by atoms with E-state index in [9.17, 15) is 4.79 Å². The molecule has 0 aliphatic rings. The van der Waals surface area contributed by atoms with E-state index in [2.05, 4.69) is 46.7 Å². The quantitative estimate of drug-likeness (QED) is 0.464. The molecule has 0 radical (unpaired) electrons. The van der Waals surface area contributed by atoms with E-state index in [1.165, 1.54) is 11.1 Å². The molecule has 2 aromatic carbocycles. The second-order valence-corrected chi connectivity index (χ2v) is 7.27. The number of aryl methyl sites for hydroxylation is 3. The van der Waals surface area contributed by atoms with Crippen molar-refractivity contribution in [3.63, 3.8) is 0 Å². The first-order valence-corrected chi connectivity index (χ1v) is 10.4. The van der Waals surface area contributed by atoms with Gasteiger partial charge in [-0.2, -0.15) is 0 Å². The maximum atomic E-state index is 11.5. The van der Waals surface area contributed by atoms with E-state index in [0.717, 1.165) is 61.9 Å². The van der Waals surface area contributed by atoms with Crippen molar-refractivity contribution in [2.75, 3.05) is 6.54 Å². The Kier molecular flexibility index (Phi) is 7.65. The molecule has 3 aromatic rings. The maximum absolute atomic E-state index is 11.5. The molecular formula is C24H30N2O2. The van der Waals surface area contributed by atoms with Crippen LogP contribution in [0.15, 0.2) is 52.9 Å². The Hall–Kier alpha value is -2.62. The summed E-state index contributed by atoms with van der Waals surface area (Å²) in [5.74, 6) is 0.963. The van der Waals surface area contributed by atoms with E-state index in [-0.39, 0.29) is 5.91 Å². The summed E-state index contributed by atoms with van der Waals surface area (Å²) in [4.78, 5) is 16.2. The minimum Gasteiger partial charge on any atom is -0.440 e. The summed E-state index contributed by atoms with van der Waals surface area (Å²) in [6.45, 7) is 2.72. The fourth-order valence-electron chi connectivity index (χ4n) is 3.43. The van der Waals surface area contributed by atoms with Crippen molar-refractivity contribution in [2.24, 2.45) is 0 Å². The van der Waals surface area contributed by atoms with E-state index in [0.29, 0.717) is 13.0 Å². The first-order chi connectivity index (χ1) is 13.8. The fourth-order valence-corrected chi connectivity index (χ4v) is 3.43. The average molecular weight is 379 g/mol. The van der Waals surface area contributed by atoms with E-state index >= 15 is 0 Å². The van der Waals surface area contributed by atoms with Gasteiger partial charge in [0.05, 0.1) is 0 Å². The number of para-hydroxylation sites is 1. The largest absolute Gasteiger partial charge is 0.440 e. The average Bonchev–Trinajstić information content (AvgIpc) is 3.13. The molecule has 4 heteroatoms. The van der Waals surface area contributed by atoms with Crippen molar-refractivity contribution in [3.8, 4) is 0 Å². The molecule has 0 bridgehead atoms. The molecule has 0 saturated carbocycles. The van der Waals surface area contributed by atoms with Gasteiger partial charge >= 0.3 is 0 Å². The minimum absolute atomic E-state index is 0.137. The fraction of sp³-hybridized carbons (Fsp3) is 0.417. The van der Waals surface area contributed by atoms with E-state index < -0.39 is 0 Å². The molecule has 0 saturated heterocycles. The number of amides is 1. The number of carbonyl (C=O) groups is 1. The van der Waals surface area contributed by atoms with Crippen LogP contribution in [0.4, 0.5) is 0 Å². The Bertz CT molecular complexity index is 871. The molecule has 0 atom stereocenters. The SMILES string of the molecule is CCCC(=O)NCCCc1cccc2nc(CCCCc3ccccc3)oc12. The lowest BCUT2D eigenvalue weighted by Gasteiger charge is -2.04. The van der Waals surface area contributed by atoms with Crippen molar-refractivity contribution < 1.29 is 9.21 Å². The van der Waals surface area contributed by atoms with Crippen LogP contribution in [0.2, 0.25) is 0 Å². The number of hydrogen-bond acceptors (Lipinski definition) is 3. The standard InChI is InChI=1S/C24H30N2O2/c1-2-10-22(27)25-18-9-15-20-14-8-16-21-24(20)28-23(26-21)17-7-6-13-19-11-4-3-5-12-19/h3-5,8,11-12,14,16H,2,6-7,9-10,13,15,17-18H2,1H3,(H,25,27). The highest BCUT2D eigenvalue weighted by Gasteiger charge is 2.10. The number of rotatable bonds is 11. The lowest BCUT2D eigenvalue weighted by Crippen LogP contribution is -2.24. The predicted molar refractivity (Wildman–Crippen MR) is 113 cm³/mol. The summed E-state index contributed by atoms with van der Waals surface area (Å²) in [5, 5.41) is 2.97. The van der Waals surface area contributed by atoms with Crippen molar-refractivity contribution in [3.05, 3.63) is 65.5 Å². The molecule has 4 nitrogen and oxygen atoms in total. The van der Waals surface area contributed by atoms with E-state index in [1.54, 1.807) is 0 Å². The highest BCUT2D eigenvalue weighted by atomic mass is 16.3. The normalized spacial score (nSPS) is 11.0. The highest BCUT2D eigenvalue weighted by molar-refractivity contribution is 5.76. The number of hydrogen-bond donors (Lipinski definition) is 1. The molecule has 0 aliphatic carbocycles. The molecule has 0 unspecified atom stereocenters. The molecule has 0 spiro atoms. The number of nitrogens with zero attached hydrogens (tertiary/aromatic N) is 1. The molecule has 1 amide bonds.